The van der Waals surface area contributed by atoms with E-state index in [2.05, 4.69) is 25.6 Å². The summed E-state index contributed by atoms with van der Waals surface area (Å²) in [7, 11) is 1.54. The number of nitrogens with zero attached hydrogens (tertiary/aromatic N) is 1. The minimum atomic E-state index is -4.76. The molecule has 0 atom stereocenters. The zero-order valence-corrected chi connectivity index (χ0v) is 15.9. The number of alkyl halides is 3. The Balaban J connectivity index is 1.73. The molecule has 2 amide bonds. The van der Waals surface area contributed by atoms with E-state index in [1.54, 1.807) is 43.5 Å². The lowest BCUT2D eigenvalue weighted by molar-refractivity contribution is -0.274. The molecule has 2 aromatic carbocycles. The van der Waals surface area contributed by atoms with Gasteiger partial charge in [-0.3, -0.25) is 5.10 Å². The lowest BCUT2D eigenvalue weighted by Gasteiger charge is -2.09. The van der Waals surface area contributed by atoms with Gasteiger partial charge in [-0.25, -0.2) is 4.79 Å². The van der Waals surface area contributed by atoms with E-state index in [1.165, 1.54) is 18.2 Å². The molecule has 3 aromatic rings. The van der Waals surface area contributed by atoms with Crippen LogP contribution in [0.3, 0.4) is 0 Å². The fraction of sp³-hybridized carbons (Fsp3) is 0.200. The number of anilines is 1. The monoisotopic (exact) mass is 420 g/mol. The van der Waals surface area contributed by atoms with E-state index < -0.39 is 6.36 Å². The second-order valence-electron chi connectivity index (χ2n) is 6.20. The average molecular weight is 420 g/mol. The van der Waals surface area contributed by atoms with Crippen molar-refractivity contribution in [3.8, 4) is 28.3 Å². The largest absolute Gasteiger partial charge is 0.573 e. The third kappa shape index (κ3) is 5.98. The Bertz CT molecular complexity index is 1000. The number of carbonyl (C=O) groups excluding carboxylic acids is 1. The highest BCUT2D eigenvalue weighted by atomic mass is 19.4. The van der Waals surface area contributed by atoms with Crippen molar-refractivity contribution in [2.45, 2.75) is 6.36 Å². The third-order valence-corrected chi connectivity index (χ3v) is 3.96. The van der Waals surface area contributed by atoms with Crippen molar-refractivity contribution in [3.05, 3.63) is 54.6 Å². The summed E-state index contributed by atoms with van der Waals surface area (Å²) in [5.41, 5.74) is 2.86. The molecular formula is C20H19F3N4O3. The Labute approximate surface area is 170 Å². The maximum absolute atomic E-state index is 12.4. The number of aromatic amines is 1. The van der Waals surface area contributed by atoms with Gasteiger partial charge in [0.05, 0.1) is 18.0 Å². The molecule has 0 spiro atoms. The summed E-state index contributed by atoms with van der Waals surface area (Å²) in [4.78, 5) is 11.9. The normalized spacial score (nSPS) is 11.2. The number of ether oxygens (including phenoxy) is 2. The van der Waals surface area contributed by atoms with Gasteiger partial charge in [-0.1, -0.05) is 24.3 Å². The zero-order valence-electron chi connectivity index (χ0n) is 15.9. The van der Waals surface area contributed by atoms with E-state index in [1.807, 2.05) is 0 Å². The van der Waals surface area contributed by atoms with Crippen LogP contribution < -0.4 is 15.4 Å². The zero-order chi connectivity index (χ0) is 21.6. The van der Waals surface area contributed by atoms with E-state index >= 15 is 0 Å². The van der Waals surface area contributed by atoms with Crippen LogP contribution in [-0.2, 0) is 4.74 Å². The average Bonchev–Trinajstić information content (AvgIpc) is 3.18. The van der Waals surface area contributed by atoms with Crippen LogP contribution >= 0.6 is 0 Å². The molecule has 1 heterocycles. The number of hydrogen-bond donors (Lipinski definition) is 3. The summed E-state index contributed by atoms with van der Waals surface area (Å²) in [5.74, 6) is -0.318. The smallest absolute Gasteiger partial charge is 0.406 e. The van der Waals surface area contributed by atoms with E-state index in [4.69, 9.17) is 4.74 Å². The van der Waals surface area contributed by atoms with Gasteiger partial charge in [0.1, 0.15) is 5.75 Å². The van der Waals surface area contributed by atoms with Crippen LogP contribution in [0.5, 0.6) is 5.75 Å². The molecule has 0 aliphatic carbocycles. The number of urea groups is 1. The highest BCUT2D eigenvalue weighted by molar-refractivity contribution is 5.90. The van der Waals surface area contributed by atoms with Crippen LogP contribution in [0, 0.1) is 0 Å². The first-order valence-corrected chi connectivity index (χ1v) is 8.90. The molecule has 3 rings (SSSR count). The second kappa shape index (κ2) is 9.31. The first kappa shape index (κ1) is 21.2. The van der Waals surface area contributed by atoms with Crippen LogP contribution in [0.25, 0.3) is 22.5 Å². The molecule has 1 aromatic heterocycles. The SMILES string of the molecule is COCCNC(=O)Nc1cccc(-c2cc(-c3cccc(OC(F)(F)F)c3)[nH]n2)c1. The lowest BCUT2D eigenvalue weighted by atomic mass is 10.1. The van der Waals surface area contributed by atoms with Crippen molar-refractivity contribution in [1.82, 2.24) is 15.5 Å². The first-order chi connectivity index (χ1) is 14.3. The number of amides is 2. The van der Waals surface area contributed by atoms with E-state index in [-0.39, 0.29) is 11.8 Å². The Morgan fingerprint density at radius 1 is 1.10 bits per heavy atom. The van der Waals surface area contributed by atoms with Crippen molar-refractivity contribution in [2.24, 2.45) is 0 Å². The molecule has 0 aliphatic rings. The van der Waals surface area contributed by atoms with Crippen LogP contribution in [0.4, 0.5) is 23.7 Å². The van der Waals surface area contributed by atoms with Crippen molar-refractivity contribution >= 4 is 11.7 Å². The Morgan fingerprint density at radius 2 is 1.87 bits per heavy atom. The summed E-state index contributed by atoms with van der Waals surface area (Å²) < 4.78 is 46.1. The van der Waals surface area contributed by atoms with Crippen LogP contribution in [0.15, 0.2) is 54.6 Å². The summed E-state index contributed by atoms with van der Waals surface area (Å²) in [6.07, 6.45) is -4.76. The Morgan fingerprint density at radius 3 is 2.63 bits per heavy atom. The van der Waals surface area contributed by atoms with Gasteiger partial charge >= 0.3 is 12.4 Å². The highest BCUT2D eigenvalue weighted by Gasteiger charge is 2.31. The number of rotatable bonds is 7. The van der Waals surface area contributed by atoms with Gasteiger partial charge in [-0.2, -0.15) is 5.10 Å². The molecular weight excluding hydrogens is 401 g/mol. The summed E-state index contributed by atoms with van der Waals surface area (Å²) in [6.45, 7) is 0.778. The van der Waals surface area contributed by atoms with Gasteiger partial charge < -0.3 is 20.1 Å². The maximum Gasteiger partial charge on any atom is 0.573 e. The van der Waals surface area contributed by atoms with Crippen LogP contribution in [-0.4, -0.2) is 42.9 Å². The van der Waals surface area contributed by atoms with E-state index in [9.17, 15) is 18.0 Å². The topological polar surface area (TPSA) is 88.3 Å². The molecule has 30 heavy (non-hydrogen) atoms. The number of methoxy groups -OCH3 is 1. The van der Waals surface area contributed by atoms with Gasteiger partial charge in [-0.15, -0.1) is 13.2 Å². The minimum absolute atomic E-state index is 0.318. The van der Waals surface area contributed by atoms with Crippen LogP contribution in [0.1, 0.15) is 0 Å². The summed E-state index contributed by atoms with van der Waals surface area (Å²) in [5, 5.41) is 12.4. The van der Waals surface area contributed by atoms with Crippen LogP contribution in [0.2, 0.25) is 0 Å². The van der Waals surface area contributed by atoms with Crippen molar-refractivity contribution in [2.75, 3.05) is 25.6 Å². The van der Waals surface area contributed by atoms with Gasteiger partial charge in [0, 0.05) is 30.5 Å². The van der Waals surface area contributed by atoms with Gasteiger partial charge in [0.25, 0.3) is 0 Å². The quantitative estimate of drug-likeness (QED) is 0.494. The first-order valence-electron chi connectivity index (χ1n) is 8.90. The van der Waals surface area contributed by atoms with E-state index in [0.717, 1.165) is 5.56 Å². The number of benzene rings is 2. The Hall–Kier alpha value is -3.53. The number of H-pyrrole nitrogens is 1. The summed E-state index contributed by atoms with van der Waals surface area (Å²) >= 11 is 0. The number of carbonyl (C=O) groups is 1. The molecule has 0 saturated heterocycles. The number of halogens is 3. The predicted octanol–water partition coefficient (Wildman–Crippen LogP) is 4.41. The number of aromatic nitrogens is 2. The van der Waals surface area contributed by atoms with Crippen molar-refractivity contribution in [3.63, 3.8) is 0 Å². The molecule has 7 nitrogen and oxygen atoms in total. The highest BCUT2D eigenvalue weighted by Crippen LogP contribution is 2.29. The van der Waals surface area contributed by atoms with Gasteiger partial charge in [-0.05, 0) is 30.3 Å². The minimum Gasteiger partial charge on any atom is -0.406 e. The van der Waals surface area contributed by atoms with Crippen molar-refractivity contribution < 1.29 is 27.4 Å². The van der Waals surface area contributed by atoms with E-state index in [0.29, 0.717) is 35.8 Å². The molecule has 0 saturated carbocycles. The van der Waals surface area contributed by atoms with Gasteiger partial charge in [0.15, 0.2) is 0 Å². The molecule has 0 radical (unpaired) electrons. The maximum atomic E-state index is 12.4. The standard InChI is InChI=1S/C20H19F3N4O3/c1-29-9-8-24-19(28)25-15-6-2-4-13(10-15)17-12-18(27-26-17)14-5-3-7-16(11-14)30-20(21,22)23/h2-7,10-12H,8-9H2,1H3,(H,26,27)(H2,24,25,28). The molecule has 0 bridgehead atoms. The molecule has 0 fully saturated rings. The Kier molecular flexibility index (Phi) is 6.58. The molecule has 158 valence electrons. The molecule has 0 unspecified atom stereocenters. The van der Waals surface area contributed by atoms with Crippen molar-refractivity contribution in [1.29, 1.82) is 0 Å². The molecule has 0 aliphatic heterocycles. The number of hydrogen-bond acceptors (Lipinski definition) is 4. The molecule has 3 N–H and O–H groups in total. The fourth-order valence-electron chi connectivity index (χ4n) is 2.68. The third-order valence-electron chi connectivity index (χ3n) is 3.96. The molecule has 10 heteroatoms. The summed E-state index contributed by atoms with van der Waals surface area (Å²) in [6, 6.07) is 14.0. The van der Waals surface area contributed by atoms with Gasteiger partial charge in [0.2, 0.25) is 0 Å². The number of nitrogens with one attached hydrogen (secondary N) is 3. The predicted molar refractivity (Wildman–Crippen MR) is 105 cm³/mol. The lowest BCUT2D eigenvalue weighted by Crippen LogP contribution is -2.31. The fourth-order valence-corrected chi connectivity index (χ4v) is 2.68. The second-order valence-corrected chi connectivity index (χ2v) is 6.20.